The summed E-state index contributed by atoms with van der Waals surface area (Å²) in [6.07, 6.45) is -0.692. The molecule has 8 nitrogen and oxygen atoms in total. The van der Waals surface area contributed by atoms with Crippen molar-refractivity contribution in [1.82, 2.24) is 0 Å². The largest absolute Gasteiger partial charge is 2.00 e. The van der Waals surface area contributed by atoms with Gasteiger partial charge in [0.1, 0.15) is 0 Å². The molecule has 1 fully saturated rings. The second-order valence-electron chi connectivity index (χ2n) is 3.78. The van der Waals surface area contributed by atoms with Crippen molar-refractivity contribution in [2.45, 2.75) is 6.42 Å². The molecule has 94 valence electrons. The van der Waals surface area contributed by atoms with Crippen LogP contribution in [-0.4, -0.2) is 99.4 Å². The Bertz CT molecular complexity index is 360. The van der Waals surface area contributed by atoms with Crippen molar-refractivity contribution < 1.29 is 39.6 Å². The Hall–Kier alpha value is 0.399. The van der Waals surface area contributed by atoms with Gasteiger partial charge < -0.3 is 39.6 Å². The van der Waals surface area contributed by atoms with Crippen molar-refractivity contribution in [3.63, 3.8) is 0 Å². The molecule has 0 aromatic heterocycles. The fraction of sp³-hybridized carbons (Fsp3) is 0.556. The zero-order valence-corrected chi connectivity index (χ0v) is 14.1. The number of rotatable bonds is 4. The summed E-state index contributed by atoms with van der Waals surface area (Å²) < 4.78 is 0. The Kier molecular flexibility index (Phi) is 9.86. The Morgan fingerprint density at radius 3 is 1.05 bits per heavy atom. The summed E-state index contributed by atoms with van der Waals surface area (Å²) >= 11 is 0. The van der Waals surface area contributed by atoms with Gasteiger partial charge in [0.2, 0.25) is 0 Å². The zero-order chi connectivity index (χ0) is 13.3. The Balaban J connectivity index is 0. The van der Waals surface area contributed by atoms with Crippen molar-refractivity contribution in [2.24, 2.45) is 23.7 Å². The van der Waals surface area contributed by atoms with E-state index in [-0.39, 0.29) is 75.5 Å². The van der Waals surface area contributed by atoms with Crippen molar-refractivity contribution >= 4 is 99.4 Å². The normalized spacial score (nSPS) is 28.6. The average molecular weight is 322 g/mol. The predicted octanol–water partition coefficient (Wildman–Crippen LogP) is -6.91. The van der Waals surface area contributed by atoms with E-state index in [1.165, 1.54) is 0 Å². The third kappa shape index (κ3) is 4.71. The van der Waals surface area contributed by atoms with Gasteiger partial charge in [-0.1, -0.05) is 0 Å². The first-order valence-electron chi connectivity index (χ1n) is 4.60. The summed E-state index contributed by atoms with van der Waals surface area (Å²) in [5, 5.41) is 42.6. The summed E-state index contributed by atoms with van der Waals surface area (Å²) in [6, 6.07) is 0. The molecule has 10 heteroatoms. The first kappa shape index (κ1) is 21.7. The average Bonchev–Trinajstić information content (AvgIpc) is 2.56. The monoisotopic (exact) mass is 322 g/mol. The molecule has 0 heterocycles. The van der Waals surface area contributed by atoms with Gasteiger partial charge in [-0.25, -0.2) is 0 Å². The summed E-state index contributed by atoms with van der Waals surface area (Å²) in [7, 11) is 0. The van der Waals surface area contributed by atoms with Gasteiger partial charge in [0.15, 0.2) is 0 Å². The topological polar surface area (TPSA) is 161 Å². The van der Waals surface area contributed by atoms with Crippen molar-refractivity contribution in [2.75, 3.05) is 0 Å². The molecular formula is C9H6Ca2O8. The molecule has 19 heavy (non-hydrogen) atoms. The molecule has 1 saturated carbocycles. The second kappa shape index (κ2) is 8.63. The van der Waals surface area contributed by atoms with Crippen molar-refractivity contribution in [3.05, 3.63) is 0 Å². The fourth-order valence-electron chi connectivity index (χ4n) is 2.17. The fourth-order valence-corrected chi connectivity index (χ4v) is 2.17. The van der Waals surface area contributed by atoms with Gasteiger partial charge >= 0.3 is 75.5 Å². The van der Waals surface area contributed by atoms with Crippen LogP contribution in [0.15, 0.2) is 0 Å². The molecule has 0 aromatic carbocycles. The smallest absolute Gasteiger partial charge is 0.550 e. The van der Waals surface area contributed by atoms with E-state index in [9.17, 15) is 39.6 Å². The molecule has 0 bridgehead atoms. The molecule has 0 saturated heterocycles. The molecule has 1 aliphatic carbocycles. The minimum absolute atomic E-state index is 0. The summed E-state index contributed by atoms with van der Waals surface area (Å²) in [4.78, 5) is 42.6. The van der Waals surface area contributed by atoms with Crippen LogP contribution in [0.4, 0.5) is 0 Å². The van der Waals surface area contributed by atoms with Gasteiger partial charge in [0.05, 0.1) is 0 Å². The molecule has 1 aliphatic rings. The Morgan fingerprint density at radius 1 is 0.632 bits per heavy atom. The summed E-state index contributed by atoms with van der Waals surface area (Å²) in [5.41, 5.74) is 0. The maximum Gasteiger partial charge on any atom is 2.00 e. The summed E-state index contributed by atoms with van der Waals surface area (Å²) in [5.74, 6) is -15.1. The number of carboxylic acids is 4. The van der Waals surface area contributed by atoms with E-state index in [0.717, 1.165) is 0 Å². The van der Waals surface area contributed by atoms with Crippen LogP contribution in [0.25, 0.3) is 0 Å². The van der Waals surface area contributed by atoms with Gasteiger partial charge in [-0.15, -0.1) is 0 Å². The third-order valence-corrected chi connectivity index (χ3v) is 2.91. The van der Waals surface area contributed by atoms with Crippen molar-refractivity contribution in [1.29, 1.82) is 0 Å². The van der Waals surface area contributed by atoms with Crippen LogP contribution in [-0.2, 0) is 19.2 Å². The number of aliphatic carboxylic acids is 4. The Morgan fingerprint density at radius 2 is 0.895 bits per heavy atom. The van der Waals surface area contributed by atoms with Gasteiger partial charge in [0.25, 0.3) is 0 Å². The maximum atomic E-state index is 10.7. The van der Waals surface area contributed by atoms with Crippen LogP contribution in [0.2, 0.25) is 0 Å². The van der Waals surface area contributed by atoms with E-state index in [0.29, 0.717) is 0 Å². The number of carbonyl (C=O) groups excluding carboxylic acids is 4. The molecule has 0 aliphatic heterocycles. The molecule has 0 N–H and O–H groups in total. The standard InChI is InChI=1S/C9H10O8.2Ca/c10-6(11)2-1-3(7(12)13)5(9(16)17)4(2)8(14)15;;/h2-5H,1H2,(H,10,11)(H,12,13)(H,14,15)(H,16,17);;/q;2*+2/p-4. The van der Waals surface area contributed by atoms with Crippen LogP contribution in [0.1, 0.15) is 6.42 Å². The zero-order valence-electron chi connectivity index (χ0n) is 9.70. The molecule has 0 radical (unpaired) electrons. The number of hydrogen-bond acceptors (Lipinski definition) is 8. The van der Waals surface area contributed by atoms with Crippen LogP contribution >= 0.6 is 0 Å². The van der Waals surface area contributed by atoms with Crippen LogP contribution < -0.4 is 20.4 Å². The van der Waals surface area contributed by atoms with E-state index >= 15 is 0 Å². The molecule has 1 rings (SSSR count). The van der Waals surface area contributed by atoms with Crippen LogP contribution in [0.5, 0.6) is 0 Å². The number of carboxylic acid groups (broad SMARTS) is 4. The van der Waals surface area contributed by atoms with E-state index in [1.807, 2.05) is 0 Å². The molecule has 0 amide bonds. The van der Waals surface area contributed by atoms with Gasteiger partial charge in [0, 0.05) is 47.5 Å². The van der Waals surface area contributed by atoms with Gasteiger partial charge in [-0.05, 0) is 6.42 Å². The second-order valence-corrected chi connectivity index (χ2v) is 3.78. The van der Waals surface area contributed by atoms with Crippen molar-refractivity contribution in [3.8, 4) is 0 Å². The van der Waals surface area contributed by atoms with Gasteiger partial charge in [-0.3, -0.25) is 0 Å². The maximum absolute atomic E-state index is 10.7. The minimum Gasteiger partial charge on any atom is -0.550 e. The van der Waals surface area contributed by atoms with Gasteiger partial charge in [-0.2, -0.15) is 0 Å². The number of carbonyl (C=O) groups is 4. The SMILES string of the molecule is O=C([O-])C1CC(C(=O)[O-])C(C(=O)[O-])C1C(=O)[O-].[Ca+2].[Ca+2]. The molecule has 0 spiro atoms. The van der Waals surface area contributed by atoms with E-state index in [2.05, 4.69) is 0 Å². The molecule has 4 unspecified atom stereocenters. The molecule has 4 atom stereocenters. The molecular weight excluding hydrogens is 316 g/mol. The first-order valence-corrected chi connectivity index (χ1v) is 4.60. The molecule has 0 aromatic rings. The van der Waals surface area contributed by atoms with E-state index in [1.54, 1.807) is 0 Å². The minimum atomic E-state index is -1.99. The van der Waals surface area contributed by atoms with E-state index in [4.69, 9.17) is 0 Å². The quantitative estimate of drug-likeness (QED) is 0.461. The Labute approximate surface area is 167 Å². The van der Waals surface area contributed by atoms with Crippen LogP contribution in [0.3, 0.4) is 0 Å². The van der Waals surface area contributed by atoms with E-state index < -0.39 is 54.0 Å². The summed E-state index contributed by atoms with van der Waals surface area (Å²) in [6.45, 7) is 0. The predicted molar refractivity (Wildman–Crippen MR) is 50.1 cm³/mol. The third-order valence-electron chi connectivity index (χ3n) is 2.91. The van der Waals surface area contributed by atoms with Crippen LogP contribution in [0, 0.1) is 23.7 Å². The number of hydrogen-bond donors (Lipinski definition) is 0. The first-order chi connectivity index (χ1) is 7.77.